The highest BCUT2D eigenvalue weighted by molar-refractivity contribution is 7.89. The van der Waals surface area contributed by atoms with Crippen LogP contribution >= 0.6 is 24.0 Å². The number of hydrogen-bond acceptors (Lipinski definition) is 4. The first kappa shape index (κ1) is 17.2. The molecule has 0 heterocycles. The highest BCUT2D eigenvalue weighted by atomic mass is 35.5. The van der Waals surface area contributed by atoms with Crippen molar-refractivity contribution in [3.05, 3.63) is 28.8 Å². The molecule has 100 valence electrons. The van der Waals surface area contributed by atoms with Crippen molar-refractivity contribution in [2.24, 2.45) is 0 Å². The van der Waals surface area contributed by atoms with Crippen LogP contribution in [0.1, 0.15) is 5.56 Å². The topological polar surface area (TPSA) is 82.0 Å². The summed E-state index contributed by atoms with van der Waals surface area (Å²) in [6.07, 6.45) is 0. The highest BCUT2D eigenvalue weighted by Crippen LogP contribution is 2.19. The Kier molecular flexibility index (Phi) is 7.21. The van der Waals surface area contributed by atoms with E-state index in [1.807, 2.05) is 6.07 Å². The van der Waals surface area contributed by atoms with Gasteiger partial charge in [0.1, 0.15) is 6.07 Å². The largest absolute Gasteiger partial charge is 0.318 e. The second kappa shape index (κ2) is 7.56. The Labute approximate surface area is 118 Å². The minimum Gasteiger partial charge on any atom is -0.318 e. The van der Waals surface area contributed by atoms with Gasteiger partial charge in [0.05, 0.1) is 15.5 Å². The molecule has 2 N–H and O–H groups in total. The maximum absolute atomic E-state index is 11.8. The van der Waals surface area contributed by atoms with Gasteiger partial charge in [-0.2, -0.15) is 5.26 Å². The lowest BCUT2D eigenvalue weighted by Gasteiger charge is -2.07. The number of nitrogens with zero attached hydrogens (tertiary/aromatic N) is 1. The Hall–Kier alpha value is -0.840. The minimum absolute atomic E-state index is 0. The summed E-state index contributed by atoms with van der Waals surface area (Å²) in [5.41, 5.74) is 0.142. The van der Waals surface area contributed by atoms with Crippen molar-refractivity contribution in [3.8, 4) is 6.07 Å². The van der Waals surface area contributed by atoms with Crippen LogP contribution in [0.3, 0.4) is 0 Å². The number of hydrogen-bond donors (Lipinski definition) is 2. The van der Waals surface area contributed by atoms with E-state index in [4.69, 9.17) is 16.9 Å². The fourth-order valence-electron chi connectivity index (χ4n) is 1.15. The average molecular weight is 310 g/mol. The van der Waals surface area contributed by atoms with E-state index in [1.54, 1.807) is 7.05 Å². The Morgan fingerprint density at radius 1 is 1.39 bits per heavy atom. The first-order valence-electron chi connectivity index (χ1n) is 4.85. The van der Waals surface area contributed by atoms with Crippen molar-refractivity contribution < 1.29 is 8.42 Å². The highest BCUT2D eigenvalue weighted by Gasteiger charge is 2.14. The molecule has 0 unspecified atom stereocenters. The number of nitrogens with one attached hydrogen (secondary N) is 2. The van der Waals surface area contributed by atoms with Crippen LogP contribution in [0, 0.1) is 11.3 Å². The molecule has 0 saturated heterocycles. The van der Waals surface area contributed by atoms with Crippen molar-refractivity contribution in [2.75, 3.05) is 20.1 Å². The molecule has 0 aliphatic heterocycles. The van der Waals surface area contributed by atoms with E-state index in [0.29, 0.717) is 6.54 Å². The third-order valence-corrected chi connectivity index (χ3v) is 3.82. The molecule has 0 aromatic heterocycles. The van der Waals surface area contributed by atoms with Crippen molar-refractivity contribution in [3.63, 3.8) is 0 Å². The van der Waals surface area contributed by atoms with Crippen LogP contribution in [0.25, 0.3) is 0 Å². The standard InChI is InChI=1S/C10H12ClN3O2S.ClH/c1-13-4-5-14-17(15,16)9-2-3-10(11)8(6-9)7-12;/h2-3,6,13-14H,4-5H2,1H3;1H. The molecule has 8 heteroatoms. The Morgan fingerprint density at radius 2 is 2.06 bits per heavy atom. The quantitative estimate of drug-likeness (QED) is 0.799. The van der Waals surface area contributed by atoms with Gasteiger partial charge in [0, 0.05) is 13.1 Å². The van der Waals surface area contributed by atoms with Gasteiger partial charge in [-0.15, -0.1) is 12.4 Å². The molecule has 0 bridgehead atoms. The summed E-state index contributed by atoms with van der Waals surface area (Å²) in [4.78, 5) is 0.0366. The Balaban J connectivity index is 0.00000289. The molecule has 1 rings (SSSR count). The zero-order valence-corrected chi connectivity index (χ0v) is 12.0. The summed E-state index contributed by atoms with van der Waals surface area (Å²) >= 11 is 5.73. The van der Waals surface area contributed by atoms with E-state index in [9.17, 15) is 8.42 Å². The zero-order valence-electron chi connectivity index (χ0n) is 9.60. The summed E-state index contributed by atoms with van der Waals surface area (Å²) in [6.45, 7) is 0.807. The van der Waals surface area contributed by atoms with Crippen LogP contribution in [0.5, 0.6) is 0 Å². The molecular formula is C10H13Cl2N3O2S. The maximum Gasteiger partial charge on any atom is 0.240 e. The van der Waals surface area contributed by atoms with E-state index >= 15 is 0 Å². The van der Waals surface area contributed by atoms with Crippen molar-refractivity contribution in [2.45, 2.75) is 4.90 Å². The summed E-state index contributed by atoms with van der Waals surface area (Å²) in [7, 11) is -1.86. The SMILES string of the molecule is CNCCNS(=O)(=O)c1ccc(Cl)c(C#N)c1.Cl. The third kappa shape index (κ3) is 4.44. The summed E-state index contributed by atoms with van der Waals surface area (Å²) in [5.74, 6) is 0. The fourth-order valence-corrected chi connectivity index (χ4v) is 2.37. The number of benzene rings is 1. The molecule has 0 saturated carbocycles. The van der Waals surface area contributed by atoms with Crippen molar-refractivity contribution >= 4 is 34.0 Å². The normalized spacial score (nSPS) is 10.5. The maximum atomic E-state index is 11.8. The lowest BCUT2D eigenvalue weighted by molar-refractivity contribution is 0.579. The zero-order chi connectivity index (χ0) is 12.9. The van der Waals surface area contributed by atoms with Crippen LogP contribution in [-0.4, -0.2) is 28.6 Å². The molecule has 1 aromatic carbocycles. The van der Waals surface area contributed by atoms with Crippen molar-refractivity contribution in [1.82, 2.24) is 10.0 Å². The van der Waals surface area contributed by atoms with Crippen LogP contribution in [-0.2, 0) is 10.0 Å². The van der Waals surface area contributed by atoms with Crippen LogP contribution in [0.2, 0.25) is 5.02 Å². The first-order valence-corrected chi connectivity index (χ1v) is 6.71. The molecule has 0 amide bonds. The van der Waals surface area contributed by atoms with E-state index in [2.05, 4.69) is 10.0 Å². The second-order valence-electron chi connectivity index (χ2n) is 3.25. The molecule has 5 nitrogen and oxygen atoms in total. The number of sulfonamides is 1. The molecule has 0 atom stereocenters. The van der Waals surface area contributed by atoms with Gasteiger partial charge in [-0.25, -0.2) is 13.1 Å². The van der Waals surface area contributed by atoms with E-state index in [1.165, 1.54) is 18.2 Å². The average Bonchev–Trinajstić information content (AvgIpc) is 2.29. The number of halogens is 2. The van der Waals surface area contributed by atoms with Crippen LogP contribution in [0.4, 0.5) is 0 Å². The molecule has 0 aliphatic rings. The molecule has 0 spiro atoms. The number of nitriles is 1. The monoisotopic (exact) mass is 309 g/mol. The lowest BCUT2D eigenvalue weighted by atomic mass is 10.2. The summed E-state index contributed by atoms with van der Waals surface area (Å²) in [6, 6.07) is 5.85. The van der Waals surface area contributed by atoms with E-state index < -0.39 is 10.0 Å². The van der Waals surface area contributed by atoms with Gasteiger partial charge < -0.3 is 5.32 Å². The predicted octanol–water partition coefficient (Wildman–Crippen LogP) is 1.13. The fraction of sp³-hybridized carbons (Fsp3) is 0.300. The van der Waals surface area contributed by atoms with Gasteiger partial charge in [0.25, 0.3) is 0 Å². The van der Waals surface area contributed by atoms with Gasteiger partial charge in [-0.05, 0) is 25.2 Å². The van der Waals surface area contributed by atoms with Crippen LogP contribution < -0.4 is 10.0 Å². The third-order valence-electron chi connectivity index (χ3n) is 2.04. The predicted molar refractivity (Wildman–Crippen MR) is 72.5 cm³/mol. The molecular weight excluding hydrogens is 297 g/mol. The minimum atomic E-state index is -3.58. The van der Waals surface area contributed by atoms with Crippen molar-refractivity contribution in [1.29, 1.82) is 5.26 Å². The van der Waals surface area contributed by atoms with Gasteiger partial charge >= 0.3 is 0 Å². The summed E-state index contributed by atoms with van der Waals surface area (Å²) < 4.78 is 26.0. The van der Waals surface area contributed by atoms with Gasteiger partial charge in [-0.3, -0.25) is 0 Å². The first-order chi connectivity index (χ1) is 8.01. The molecule has 0 fully saturated rings. The molecule has 0 aliphatic carbocycles. The second-order valence-corrected chi connectivity index (χ2v) is 5.43. The molecule has 18 heavy (non-hydrogen) atoms. The lowest BCUT2D eigenvalue weighted by Crippen LogP contribution is -2.30. The molecule has 0 radical (unpaired) electrons. The van der Waals surface area contributed by atoms with E-state index in [0.717, 1.165) is 0 Å². The molecule has 1 aromatic rings. The van der Waals surface area contributed by atoms with Crippen LogP contribution in [0.15, 0.2) is 23.1 Å². The summed E-state index contributed by atoms with van der Waals surface area (Å²) in [5, 5.41) is 11.8. The Bertz CT molecular complexity index is 541. The number of rotatable bonds is 5. The smallest absolute Gasteiger partial charge is 0.240 e. The van der Waals surface area contributed by atoms with Gasteiger partial charge in [0.2, 0.25) is 10.0 Å². The number of likely N-dealkylation sites (N-methyl/N-ethyl adjacent to an activating group) is 1. The Morgan fingerprint density at radius 3 is 2.61 bits per heavy atom. The van der Waals surface area contributed by atoms with E-state index in [-0.39, 0.29) is 34.4 Å². The van der Waals surface area contributed by atoms with Gasteiger partial charge in [-0.1, -0.05) is 11.6 Å². The van der Waals surface area contributed by atoms with Gasteiger partial charge in [0.15, 0.2) is 0 Å².